The van der Waals surface area contributed by atoms with Gasteiger partial charge in [-0.15, -0.1) is 11.6 Å². The smallest absolute Gasteiger partial charge is 0.0846 e. The Morgan fingerprint density at radius 1 is 0.941 bits per heavy atom. The van der Waals surface area contributed by atoms with Crippen LogP contribution in [0.3, 0.4) is 0 Å². The van der Waals surface area contributed by atoms with Crippen LogP contribution >= 0.6 is 11.6 Å². The van der Waals surface area contributed by atoms with Crippen LogP contribution in [0.15, 0.2) is 42.5 Å². The SMILES string of the molecule is C[SiH](C)c1cccc2c1C(Cl)c1ccccc1-2. The van der Waals surface area contributed by atoms with Crippen LogP contribution < -0.4 is 5.19 Å². The molecule has 2 heteroatoms. The normalized spacial score (nSPS) is 17.1. The van der Waals surface area contributed by atoms with Gasteiger partial charge in [0.15, 0.2) is 0 Å². The van der Waals surface area contributed by atoms with E-state index >= 15 is 0 Å². The van der Waals surface area contributed by atoms with E-state index < -0.39 is 8.80 Å². The van der Waals surface area contributed by atoms with Crippen molar-refractivity contribution in [2.45, 2.75) is 18.5 Å². The lowest BCUT2D eigenvalue weighted by Gasteiger charge is -2.13. The summed E-state index contributed by atoms with van der Waals surface area (Å²) in [5.74, 6) is 0. The Morgan fingerprint density at radius 3 is 2.41 bits per heavy atom. The minimum Gasteiger partial charge on any atom is -0.113 e. The van der Waals surface area contributed by atoms with Crippen molar-refractivity contribution in [3.05, 3.63) is 53.6 Å². The summed E-state index contributed by atoms with van der Waals surface area (Å²) in [4.78, 5) is 0. The predicted octanol–water partition coefficient (Wildman–Crippen LogP) is 3.69. The second-order valence-corrected chi connectivity index (χ2v) is 8.28. The van der Waals surface area contributed by atoms with E-state index in [0.29, 0.717) is 0 Å². The number of rotatable bonds is 1. The van der Waals surface area contributed by atoms with E-state index in [1.807, 2.05) is 0 Å². The van der Waals surface area contributed by atoms with Gasteiger partial charge in [0.05, 0.1) is 14.2 Å². The molecule has 0 amide bonds. The predicted molar refractivity (Wildman–Crippen MR) is 78.1 cm³/mol. The van der Waals surface area contributed by atoms with Gasteiger partial charge in [-0.2, -0.15) is 0 Å². The molecule has 2 aromatic rings. The second kappa shape index (κ2) is 4.00. The fraction of sp³-hybridized carbons (Fsp3) is 0.200. The van der Waals surface area contributed by atoms with E-state index in [1.165, 1.54) is 27.4 Å². The Bertz CT molecular complexity index is 575. The Labute approximate surface area is 109 Å². The van der Waals surface area contributed by atoms with Crippen LogP contribution in [0.25, 0.3) is 11.1 Å². The van der Waals surface area contributed by atoms with Crippen LogP contribution in [0, 0.1) is 0 Å². The molecule has 0 spiro atoms. The maximum Gasteiger partial charge on any atom is 0.0846 e. The molecule has 0 fully saturated rings. The van der Waals surface area contributed by atoms with Gasteiger partial charge in [0.2, 0.25) is 0 Å². The summed E-state index contributed by atoms with van der Waals surface area (Å²) in [6.07, 6.45) is 0. The fourth-order valence-electron chi connectivity index (χ4n) is 2.72. The number of hydrogen-bond donors (Lipinski definition) is 0. The molecular weight excluding hydrogens is 244 g/mol. The van der Waals surface area contributed by atoms with Crippen molar-refractivity contribution < 1.29 is 0 Å². The van der Waals surface area contributed by atoms with Crippen LogP contribution in [-0.4, -0.2) is 8.80 Å². The molecular formula is C15H15ClSi. The summed E-state index contributed by atoms with van der Waals surface area (Å²) in [7, 11) is -0.828. The lowest BCUT2D eigenvalue weighted by molar-refractivity contribution is 1.21. The molecule has 1 aliphatic carbocycles. The van der Waals surface area contributed by atoms with Crippen LogP contribution in [0.2, 0.25) is 13.1 Å². The topological polar surface area (TPSA) is 0 Å². The molecule has 0 aliphatic heterocycles. The molecule has 0 saturated heterocycles. The summed E-state index contributed by atoms with van der Waals surface area (Å²) >= 11 is 6.64. The van der Waals surface area contributed by atoms with Crippen LogP contribution in [0.4, 0.5) is 0 Å². The molecule has 2 aromatic carbocycles. The zero-order chi connectivity index (χ0) is 12.0. The third-order valence-corrected chi connectivity index (χ3v) is 5.74. The Kier molecular flexibility index (Phi) is 2.61. The van der Waals surface area contributed by atoms with Crippen LogP contribution in [0.1, 0.15) is 16.5 Å². The number of halogens is 1. The molecule has 0 saturated carbocycles. The number of benzene rings is 2. The van der Waals surface area contributed by atoms with Crippen molar-refractivity contribution in [2.75, 3.05) is 0 Å². The highest BCUT2D eigenvalue weighted by Crippen LogP contribution is 2.45. The van der Waals surface area contributed by atoms with Gasteiger partial charge >= 0.3 is 0 Å². The molecule has 0 heterocycles. The monoisotopic (exact) mass is 258 g/mol. The molecule has 1 unspecified atom stereocenters. The highest BCUT2D eigenvalue weighted by atomic mass is 35.5. The Morgan fingerprint density at radius 2 is 1.65 bits per heavy atom. The van der Waals surface area contributed by atoms with Crippen molar-refractivity contribution in [3.63, 3.8) is 0 Å². The standard InChI is InChI=1S/C15H15ClSi/c1-17(2)13-9-5-8-11-10-6-3-4-7-12(10)15(16)14(11)13/h3-9,15,17H,1-2H3. The first-order chi connectivity index (χ1) is 8.20. The highest BCUT2D eigenvalue weighted by Gasteiger charge is 2.29. The minimum absolute atomic E-state index is 0.0484. The average molecular weight is 259 g/mol. The van der Waals surface area contributed by atoms with Crippen LogP contribution in [-0.2, 0) is 0 Å². The van der Waals surface area contributed by atoms with Crippen molar-refractivity contribution in [1.82, 2.24) is 0 Å². The van der Waals surface area contributed by atoms with E-state index in [0.717, 1.165) is 0 Å². The molecule has 86 valence electrons. The van der Waals surface area contributed by atoms with Crippen molar-refractivity contribution in [2.24, 2.45) is 0 Å². The first-order valence-electron chi connectivity index (χ1n) is 6.06. The van der Waals surface area contributed by atoms with Gasteiger partial charge in [-0.3, -0.25) is 0 Å². The van der Waals surface area contributed by atoms with E-state index in [9.17, 15) is 0 Å². The zero-order valence-electron chi connectivity index (χ0n) is 10.1. The maximum absolute atomic E-state index is 6.64. The Balaban J connectivity index is 2.30. The first-order valence-corrected chi connectivity index (χ1v) is 9.38. The number of fused-ring (bicyclic) bond motifs is 3. The van der Waals surface area contributed by atoms with Crippen molar-refractivity contribution >= 4 is 25.6 Å². The molecule has 17 heavy (non-hydrogen) atoms. The lowest BCUT2D eigenvalue weighted by atomic mass is 10.1. The number of hydrogen-bond acceptors (Lipinski definition) is 0. The molecule has 0 aromatic heterocycles. The van der Waals surface area contributed by atoms with Gasteiger partial charge in [0.1, 0.15) is 0 Å². The second-order valence-electron chi connectivity index (χ2n) is 4.91. The van der Waals surface area contributed by atoms with E-state index in [1.54, 1.807) is 0 Å². The van der Waals surface area contributed by atoms with E-state index in [-0.39, 0.29) is 5.38 Å². The van der Waals surface area contributed by atoms with Gasteiger partial charge in [0, 0.05) is 0 Å². The van der Waals surface area contributed by atoms with Gasteiger partial charge in [-0.05, 0) is 22.3 Å². The highest BCUT2D eigenvalue weighted by molar-refractivity contribution is 6.71. The number of alkyl halides is 1. The lowest BCUT2D eigenvalue weighted by Crippen LogP contribution is -2.26. The van der Waals surface area contributed by atoms with Gasteiger partial charge < -0.3 is 0 Å². The van der Waals surface area contributed by atoms with Gasteiger partial charge in [-0.1, -0.05) is 60.7 Å². The summed E-state index contributed by atoms with van der Waals surface area (Å²) in [5.41, 5.74) is 5.31. The minimum atomic E-state index is -0.828. The molecule has 3 rings (SSSR count). The third-order valence-electron chi connectivity index (χ3n) is 3.54. The average Bonchev–Trinajstić information content (AvgIpc) is 2.64. The molecule has 0 bridgehead atoms. The summed E-state index contributed by atoms with van der Waals surface area (Å²) < 4.78 is 0. The molecule has 0 nitrogen and oxygen atoms in total. The Hall–Kier alpha value is -1.05. The van der Waals surface area contributed by atoms with Crippen molar-refractivity contribution in [3.8, 4) is 11.1 Å². The molecule has 1 atom stereocenters. The summed E-state index contributed by atoms with van der Waals surface area (Å²) in [6.45, 7) is 4.73. The molecule has 0 radical (unpaired) electrons. The van der Waals surface area contributed by atoms with Crippen LogP contribution in [0.5, 0.6) is 0 Å². The van der Waals surface area contributed by atoms with Gasteiger partial charge in [-0.25, -0.2) is 0 Å². The zero-order valence-corrected chi connectivity index (χ0v) is 12.0. The maximum atomic E-state index is 6.64. The largest absolute Gasteiger partial charge is 0.113 e. The third kappa shape index (κ3) is 1.57. The van der Waals surface area contributed by atoms with E-state index in [4.69, 9.17) is 11.6 Å². The van der Waals surface area contributed by atoms with E-state index in [2.05, 4.69) is 55.6 Å². The quantitative estimate of drug-likeness (QED) is 0.541. The summed E-state index contributed by atoms with van der Waals surface area (Å²) in [6, 6.07) is 15.1. The van der Waals surface area contributed by atoms with Crippen molar-refractivity contribution in [1.29, 1.82) is 0 Å². The first kappa shape index (κ1) is 11.1. The van der Waals surface area contributed by atoms with Gasteiger partial charge in [0.25, 0.3) is 0 Å². The molecule has 0 N–H and O–H groups in total. The fourth-order valence-corrected chi connectivity index (χ4v) is 4.70. The summed E-state index contributed by atoms with van der Waals surface area (Å²) in [5, 5.41) is 1.56. The molecule has 1 aliphatic rings.